The molecule has 1 heterocycles. The number of carbonyl (C=O) groups is 1. The lowest BCUT2D eigenvalue weighted by Crippen LogP contribution is -2.26. The van der Waals surface area contributed by atoms with Gasteiger partial charge in [-0.15, -0.1) is 0 Å². The number of aryl methyl sites for hydroxylation is 1. The Morgan fingerprint density at radius 3 is 2.31 bits per heavy atom. The predicted octanol–water partition coefficient (Wildman–Crippen LogP) is 5.26. The molecule has 1 fully saturated rings. The van der Waals surface area contributed by atoms with Gasteiger partial charge in [0.2, 0.25) is 0 Å². The molecule has 0 spiro atoms. The summed E-state index contributed by atoms with van der Waals surface area (Å²) in [6.07, 6.45) is -2.61. The van der Waals surface area contributed by atoms with Crippen LogP contribution in [0.4, 0.5) is 13.2 Å². The van der Waals surface area contributed by atoms with E-state index in [4.69, 9.17) is 14.6 Å². The topological polar surface area (TPSA) is 58.6 Å². The maximum absolute atomic E-state index is 10.6. The van der Waals surface area contributed by atoms with Gasteiger partial charge in [0.15, 0.2) is 0 Å². The highest BCUT2D eigenvalue weighted by Gasteiger charge is 2.38. The van der Waals surface area contributed by atoms with Crippen molar-refractivity contribution in [1.29, 1.82) is 0 Å². The van der Waals surface area contributed by atoms with Crippen molar-refractivity contribution in [2.45, 2.75) is 41.7 Å². The van der Waals surface area contributed by atoms with Crippen LogP contribution < -0.4 is 10.1 Å². The van der Waals surface area contributed by atoms with E-state index in [0.29, 0.717) is 5.92 Å². The van der Waals surface area contributed by atoms with Crippen LogP contribution in [0.5, 0.6) is 5.75 Å². The van der Waals surface area contributed by atoms with Crippen molar-refractivity contribution in [3.63, 3.8) is 0 Å². The lowest BCUT2D eigenvalue weighted by molar-refractivity contribution is -0.192. The van der Waals surface area contributed by atoms with Crippen molar-refractivity contribution >= 4 is 17.7 Å². The molecule has 0 radical (unpaired) electrons. The van der Waals surface area contributed by atoms with Crippen molar-refractivity contribution in [2.75, 3.05) is 20.2 Å². The third-order valence-electron chi connectivity index (χ3n) is 4.54. The Balaban J connectivity index is 0.000000370. The molecule has 3 rings (SSSR count). The number of alkyl halides is 3. The maximum atomic E-state index is 10.6. The van der Waals surface area contributed by atoms with E-state index in [2.05, 4.69) is 48.6 Å². The molecule has 0 bridgehead atoms. The first-order valence-electron chi connectivity index (χ1n) is 9.14. The fraction of sp³-hybridized carbons (Fsp3) is 0.381. The normalized spacial score (nSPS) is 14.7. The molecule has 8 heteroatoms. The second kappa shape index (κ2) is 10.5. The van der Waals surface area contributed by atoms with Gasteiger partial charge in [0.25, 0.3) is 0 Å². The predicted molar refractivity (Wildman–Crippen MR) is 107 cm³/mol. The molecule has 0 amide bonds. The molecule has 158 valence electrons. The monoisotopic (exact) mass is 427 g/mol. The van der Waals surface area contributed by atoms with E-state index in [9.17, 15) is 13.2 Å². The summed E-state index contributed by atoms with van der Waals surface area (Å²) in [5, 5.41) is 10.6. The summed E-state index contributed by atoms with van der Waals surface area (Å²) < 4.78 is 37.0. The number of rotatable bonds is 4. The van der Waals surface area contributed by atoms with Gasteiger partial charge in [0.05, 0.1) is 7.11 Å². The standard InChI is InChI=1S/C19H23NOS.C2HF3O2/c1-14-13-16(21-2)7-8-18(14)22-19-6-4-3-5-17(19)15-9-11-20-12-10-15;3-2(4,5)1(6)7/h3-8,13,15,20H,9-12H2,1-2H3;(H,6,7). The highest BCUT2D eigenvalue weighted by molar-refractivity contribution is 7.99. The van der Waals surface area contributed by atoms with Gasteiger partial charge in [0.1, 0.15) is 5.75 Å². The third-order valence-corrected chi connectivity index (χ3v) is 5.81. The zero-order valence-corrected chi connectivity index (χ0v) is 17.1. The Labute approximate surface area is 172 Å². The van der Waals surface area contributed by atoms with E-state index in [-0.39, 0.29) is 0 Å². The lowest BCUT2D eigenvalue weighted by Gasteiger charge is -2.25. The molecule has 29 heavy (non-hydrogen) atoms. The van der Waals surface area contributed by atoms with Crippen LogP contribution in [0, 0.1) is 6.92 Å². The number of carboxylic acid groups (broad SMARTS) is 1. The Morgan fingerprint density at radius 2 is 1.76 bits per heavy atom. The van der Waals surface area contributed by atoms with Crippen molar-refractivity contribution in [2.24, 2.45) is 0 Å². The molecular weight excluding hydrogens is 403 g/mol. The average molecular weight is 427 g/mol. The summed E-state index contributed by atoms with van der Waals surface area (Å²) >= 11 is 1.88. The van der Waals surface area contributed by atoms with Gasteiger partial charge < -0.3 is 15.2 Å². The lowest BCUT2D eigenvalue weighted by atomic mass is 9.90. The van der Waals surface area contributed by atoms with Crippen molar-refractivity contribution < 1.29 is 27.8 Å². The quantitative estimate of drug-likeness (QED) is 0.698. The minimum absolute atomic E-state index is 0.684. The van der Waals surface area contributed by atoms with Gasteiger partial charge >= 0.3 is 12.1 Å². The fourth-order valence-corrected chi connectivity index (χ4v) is 4.12. The van der Waals surface area contributed by atoms with Crippen LogP contribution in [0.1, 0.15) is 29.9 Å². The largest absolute Gasteiger partial charge is 0.497 e. The second-order valence-corrected chi connectivity index (χ2v) is 7.68. The number of benzene rings is 2. The molecule has 0 unspecified atom stereocenters. The van der Waals surface area contributed by atoms with Crippen LogP contribution in [0.2, 0.25) is 0 Å². The summed E-state index contributed by atoms with van der Waals surface area (Å²) in [6.45, 7) is 4.41. The van der Waals surface area contributed by atoms with Crippen molar-refractivity contribution in [3.8, 4) is 5.75 Å². The Bertz CT molecular complexity index is 821. The first-order chi connectivity index (χ1) is 13.7. The number of ether oxygens (including phenoxy) is 1. The van der Waals surface area contributed by atoms with Gasteiger partial charge in [-0.3, -0.25) is 0 Å². The number of hydrogen-bond donors (Lipinski definition) is 2. The molecule has 1 aliphatic heterocycles. The van der Waals surface area contributed by atoms with Gasteiger partial charge in [-0.05, 0) is 74.2 Å². The second-order valence-electron chi connectivity index (χ2n) is 6.60. The van der Waals surface area contributed by atoms with Gasteiger partial charge in [-0.25, -0.2) is 4.79 Å². The first kappa shape index (κ1) is 23.1. The molecule has 2 aromatic carbocycles. The van der Waals surface area contributed by atoms with E-state index in [1.165, 1.54) is 33.8 Å². The van der Waals surface area contributed by atoms with Crippen LogP contribution in [0.3, 0.4) is 0 Å². The van der Waals surface area contributed by atoms with Gasteiger partial charge in [-0.2, -0.15) is 13.2 Å². The Hall–Kier alpha value is -2.19. The number of carboxylic acids is 1. The third kappa shape index (κ3) is 6.97. The fourth-order valence-electron chi connectivity index (χ4n) is 3.03. The smallest absolute Gasteiger partial charge is 0.490 e. The van der Waals surface area contributed by atoms with E-state index in [1.807, 2.05) is 17.8 Å². The van der Waals surface area contributed by atoms with Crippen LogP contribution >= 0.6 is 11.8 Å². The summed E-state index contributed by atoms with van der Waals surface area (Å²) in [5.74, 6) is -1.15. The molecule has 0 atom stereocenters. The molecule has 2 aromatic rings. The number of halogens is 3. The summed E-state index contributed by atoms with van der Waals surface area (Å²) in [7, 11) is 1.72. The Kier molecular flexibility index (Phi) is 8.40. The minimum Gasteiger partial charge on any atom is -0.497 e. The minimum atomic E-state index is -5.08. The molecule has 0 saturated carbocycles. The number of methoxy groups -OCH3 is 1. The number of aliphatic carboxylic acids is 1. The van der Waals surface area contributed by atoms with Crippen LogP contribution in [-0.2, 0) is 4.79 Å². The van der Waals surface area contributed by atoms with E-state index >= 15 is 0 Å². The molecule has 2 N–H and O–H groups in total. The molecular formula is C21H24F3NO3S. The molecule has 1 aliphatic rings. The van der Waals surface area contributed by atoms with Crippen LogP contribution in [0.15, 0.2) is 52.3 Å². The highest BCUT2D eigenvalue weighted by Crippen LogP contribution is 2.38. The first-order valence-corrected chi connectivity index (χ1v) is 9.96. The van der Waals surface area contributed by atoms with E-state index < -0.39 is 12.1 Å². The van der Waals surface area contributed by atoms with Crippen molar-refractivity contribution in [3.05, 3.63) is 53.6 Å². The van der Waals surface area contributed by atoms with Crippen LogP contribution in [-0.4, -0.2) is 37.5 Å². The zero-order valence-electron chi connectivity index (χ0n) is 16.3. The zero-order chi connectivity index (χ0) is 21.4. The summed E-state index contributed by atoms with van der Waals surface area (Å²) in [6, 6.07) is 15.2. The van der Waals surface area contributed by atoms with E-state index in [0.717, 1.165) is 18.8 Å². The van der Waals surface area contributed by atoms with Crippen molar-refractivity contribution in [1.82, 2.24) is 5.32 Å². The molecule has 0 aromatic heterocycles. The highest BCUT2D eigenvalue weighted by atomic mass is 32.2. The summed E-state index contributed by atoms with van der Waals surface area (Å²) in [4.78, 5) is 11.6. The Morgan fingerprint density at radius 1 is 1.14 bits per heavy atom. The average Bonchev–Trinajstić information content (AvgIpc) is 2.70. The number of nitrogens with one attached hydrogen (secondary N) is 1. The van der Waals surface area contributed by atoms with Crippen LogP contribution in [0.25, 0.3) is 0 Å². The summed E-state index contributed by atoms with van der Waals surface area (Å²) in [5.41, 5.74) is 2.77. The number of piperidine rings is 1. The number of hydrogen-bond acceptors (Lipinski definition) is 4. The molecule has 4 nitrogen and oxygen atoms in total. The van der Waals surface area contributed by atoms with Gasteiger partial charge in [-0.1, -0.05) is 30.0 Å². The molecule has 0 aliphatic carbocycles. The molecule has 1 saturated heterocycles. The van der Waals surface area contributed by atoms with E-state index in [1.54, 1.807) is 7.11 Å². The van der Waals surface area contributed by atoms with Gasteiger partial charge in [0, 0.05) is 9.79 Å². The maximum Gasteiger partial charge on any atom is 0.490 e. The SMILES string of the molecule is COc1ccc(Sc2ccccc2C2CCNCC2)c(C)c1.O=C(O)C(F)(F)F.